The first-order chi connectivity index (χ1) is 12.1. The maximum absolute atomic E-state index is 12.8. The summed E-state index contributed by atoms with van der Waals surface area (Å²) in [6, 6.07) is 5.86. The molecule has 130 valence electrons. The monoisotopic (exact) mass is 357 g/mol. The fraction of sp³-hybridized carbons (Fsp3) is 0.389. The normalized spacial score (nSPS) is 17.3. The second-order valence-electron chi connectivity index (χ2n) is 6.26. The Hall–Kier alpha value is -2.25. The summed E-state index contributed by atoms with van der Waals surface area (Å²) in [5.74, 6) is -0.149. The highest BCUT2D eigenvalue weighted by molar-refractivity contribution is 7.15. The van der Waals surface area contributed by atoms with Crippen molar-refractivity contribution in [3.05, 3.63) is 34.3 Å². The zero-order chi connectivity index (χ0) is 17.4. The van der Waals surface area contributed by atoms with Crippen LogP contribution in [-0.2, 0) is 4.74 Å². The van der Waals surface area contributed by atoms with Gasteiger partial charge in [-0.05, 0) is 44.9 Å². The lowest BCUT2D eigenvalue weighted by Crippen LogP contribution is -2.32. The number of pyridine rings is 1. The molecule has 0 radical (unpaired) electrons. The third-order valence-electron chi connectivity index (χ3n) is 4.37. The van der Waals surface area contributed by atoms with Gasteiger partial charge in [0.25, 0.3) is 11.6 Å². The van der Waals surface area contributed by atoms with Crippen LogP contribution in [0.25, 0.3) is 21.7 Å². The van der Waals surface area contributed by atoms with Crippen molar-refractivity contribution in [2.24, 2.45) is 0 Å². The molecule has 25 heavy (non-hydrogen) atoms. The van der Waals surface area contributed by atoms with Gasteiger partial charge in [-0.15, -0.1) is 11.3 Å². The number of carbonyl (C=O) groups excluding carboxylic acids is 1. The molecule has 1 fully saturated rings. The van der Waals surface area contributed by atoms with Crippen LogP contribution in [0.1, 0.15) is 33.8 Å². The van der Waals surface area contributed by atoms with E-state index in [1.807, 2.05) is 32.0 Å². The summed E-state index contributed by atoms with van der Waals surface area (Å²) in [6.07, 6.45) is 2.13. The summed E-state index contributed by atoms with van der Waals surface area (Å²) in [6.45, 7) is 5.15. The predicted octanol–water partition coefficient (Wildman–Crippen LogP) is 3.48. The van der Waals surface area contributed by atoms with Gasteiger partial charge in [0, 0.05) is 18.0 Å². The highest BCUT2D eigenvalue weighted by Crippen LogP contribution is 2.31. The van der Waals surface area contributed by atoms with Crippen molar-refractivity contribution in [1.82, 2.24) is 15.5 Å². The Labute approximate surface area is 149 Å². The van der Waals surface area contributed by atoms with Crippen LogP contribution in [0.4, 0.5) is 0 Å². The molecule has 1 atom stereocenters. The van der Waals surface area contributed by atoms with Gasteiger partial charge in [0.05, 0.1) is 33.3 Å². The molecule has 0 spiro atoms. The number of carbonyl (C=O) groups is 1. The second-order valence-corrected chi connectivity index (χ2v) is 7.55. The van der Waals surface area contributed by atoms with Gasteiger partial charge in [-0.25, -0.2) is 4.98 Å². The van der Waals surface area contributed by atoms with Gasteiger partial charge >= 0.3 is 0 Å². The van der Waals surface area contributed by atoms with Crippen LogP contribution in [0.5, 0.6) is 0 Å². The van der Waals surface area contributed by atoms with E-state index in [2.05, 4.69) is 15.5 Å². The number of rotatable bonds is 4. The van der Waals surface area contributed by atoms with E-state index in [0.29, 0.717) is 28.9 Å². The average Bonchev–Trinajstić information content (AvgIpc) is 3.34. The van der Waals surface area contributed by atoms with Crippen molar-refractivity contribution >= 4 is 28.3 Å². The first-order valence-electron chi connectivity index (χ1n) is 8.35. The predicted molar refractivity (Wildman–Crippen MR) is 95.9 cm³/mol. The summed E-state index contributed by atoms with van der Waals surface area (Å²) < 4.78 is 10.9. The number of thiophene rings is 1. The number of hydrogen-bond acceptors (Lipinski definition) is 6. The van der Waals surface area contributed by atoms with E-state index < -0.39 is 0 Å². The third kappa shape index (κ3) is 3.17. The molecule has 3 aromatic heterocycles. The van der Waals surface area contributed by atoms with Gasteiger partial charge in [0.1, 0.15) is 0 Å². The van der Waals surface area contributed by atoms with Crippen molar-refractivity contribution < 1.29 is 14.1 Å². The number of aromatic nitrogens is 2. The summed E-state index contributed by atoms with van der Waals surface area (Å²) in [4.78, 5) is 19.5. The largest absolute Gasteiger partial charge is 0.376 e. The number of amides is 1. The van der Waals surface area contributed by atoms with Gasteiger partial charge in [0.15, 0.2) is 0 Å². The Bertz CT molecular complexity index is 925. The molecule has 4 heterocycles. The van der Waals surface area contributed by atoms with Gasteiger partial charge in [-0.1, -0.05) is 5.16 Å². The number of hydrogen-bond donors (Lipinski definition) is 1. The molecular formula is C18H19N3O3S. The molecule has 0 unspecified atom stereocenters. The van der Waals surface area contributed by atoms with E-state index in [1.54, 1.807) is 11.3 Å². The first kappa shape index (κ1) is 16.2. The summed E-state index contributed by atoms with van der Waals surface area (Å²) in [5.41, 5.74) is 2.33. The van der Waals surface area contributed by atoms with Crippen molar-refractivity contribution in [2.45, 2.75) is 32.8 Å². The number of nitrogens with one attached hydrogen (secondary N) is 1. The van der Waals surface area contributed by atoms with Crippen LogP contribution in [0.2, 0.25) is 0 Å². The first-order valence-corrected chi connectivity index (χ1v) is 9.17. The number of aryl methyl sites for hydroxylation is 2. The van der Waals surface area contributed by atoms with E-state index in [-0.39, 0.29) is 12.0 Å². The molecule has 1 aliphatic rings. The van der Waals surface area contributed by atoms with Crippen LogP contribution in [0.3, 0.4) is 0 Å². The van der Waals surface area contributed by atoms with E-state index in [4.69, 9.17) is 9.26 Å². The van der Waals surface area contributed by atoms with Gasteiger partial charge in [-0.2, -0.15) is 0 Å². The lowest BCUT2D eigenvalue weighted by atomic mass is 10.1. The minimum atomic E-state index is -0.149. The molecule has 1 N–H and O–H groups in total. The highest BCUT2D eigenvalue weighted by atomic mass is 32.1. The summed E-state index contributed by atoms with van der Waals surface area (Å²) in [7, 11) is 0. The average molecular weight is 357 g/mol. The molecule has 1 amide bonds. The Balaban J connectivity index is 1.69. The molecule has 0 saturated carbocycles. The molecule has 6 nitrogen and oxygen atoms in total. The van der Waals surface area contributed by atoms with Gasteiger partial charge in [-0.3, -0.25) is 4.79 Å². The van der Waals surface area contributed by atoms with Crippen LogP contribution in [0.15, 0.2) is 22.7 Å². The van der Waals surface area contributed by atoms with Crippen LogP contribution >= 0.6 is 11.3 Å². The molecule has 1 saturated heterocycles. The van der Waals surface area contributed by atoms with Crippen LogP contribution < -0.4 is 5.32 Å². The molecule has 0 aliphatic carbocycles. The molecule has 1 aliphatic heterocycles. The fourth-order valence-electron chi connectivity index (χ4n) is 3.08. The SMILES string of the molecule is Cc1ccc(-c2cc(C(=O)NC[C@H]3CCCO3)c3c(C)noc3n2)s1. The maximum Gasteiger partial charge on any atom is 0.259 e. The molecule has 3 aromatic rings. The van der Waals surface area contributed by atoms with Gasteiger partial charge < -0.3 is 14.6 Å². The van der Waals surface area contributed by atoms with Crippen molar-refractivity contribution in [3.8, 4) is 10.6 Å². The molecule has 4 rings (SSSR count). The highest BCUT2D eigenvalue weighted by Gasteiger charge is 2.21. The zero-order valence-electron chi connectivity index (χ0n) is 14.2. The molecule has 0 bridgehead atoms. The van der Waals surface area contributed by atoms with Crippen LogP contribution in [-0.4, -0.2) is 35.3 Å². The minimum absolute atomic E-state index is 0.101. The van der Waals surface area contributed by atoms with E-state index in [9.17, 15) is 4.79 Å². The number of fused-ring (bicyclic) bond motifs is 1. The van der Waals surface area contributed by atoms with Crippen LogP contribution in [0, 0.1) is 13.8 Å². The van der Waals surface area contributed by atoms with Crippen molar-refractivity contribution in [2.75, 3.05) is 13.2 Å². The minimum Gasteiger partial charge on any atom is -0.376 e. The molecule has 7 heteroatoms. The summed E-state index contributed by atoms with van der Waals surface area (Å²) >= 11 is 1.63. The Kier molecular flexibility index (Phi) is 4.27. The Morgan fingerprint density at radius 3 is 3.00 bits per heavy atom. The lowest BCUT2D eigenvalue weighted by Gasteiger charge is -2.11. The Morgan fingerprint density at radius 2 is 2.28 bits per heavy atom. The fourth-order valence-corrected chi connectivity index (χ4v) is 3.91. The van der Waals surface area contributed by atoms with E-state index >= 15 is 0 Å². The van der Waals surface area contributed by atoms with Crippen molar-refractivity contribution in [1.29, 1.82) is 0 Å². The lowest BCUT2D eigenvalue weighted by molar-refractivity contribution is 0.0859. The second kappa shape index (κ2) is 6.57. The molecular weight excluding hydrogens is 338 g/mol. The topological polar surface area (TPSA) is 77.2 Å². The molecule has 0 aromatic carbocycles. The quantitative estimate of drug-likeness (QED) is 0.773. The van der Waals surface area contributed by atoms with E-state index in [1.165, 1.54) is 4.88 Å². The maximum atomic E-state index is 12.8. The number of nitrogens with zero attached hydrogens (tertiary/aromatic N) is 2. The standard InChI is InChI=1S/C18H19N3O3S/c1-10-5-6-15(25-10)14-8-13(16-11(2)21-24-18(16)20-14)17(22)19-9-12-4-3-7-23-12/h5-6,8,12H,3-4,7,9H2,1-2H3,(H,19,22)/t12-/m1/s1. The van der Waals surface area contributed by atoms with Crippen molar-refractivity contribution in [3.63, 3.8) is 0 Å². The third-order valence-corrected chi connectivity index (χ3v) is 5.39. The van der Waals surface area contributed by atoms with Gasteiger partial charge in [0.2, 0.25) is 0 Å². The zero-order valence-corrected chi connectivity index (χ0v) is 15.0. The van der Waals surface area contributed by atoms with E-state index in [0.717, 1.165) is 30.0 Å². The Morgan fingerprint density at radius 1 is 1.40 bits per heavy atom. The summed E-state index contributed by atoms with van der Waals surface area (Å²) in [5, 5.41) is 7.62. The number of ether oxygens (including phenoxy) is 1. The smallest absolute Gasteiger partial charge is 0.259 e.